The number of hydrogen-bond donors (Lipinski definition) is 1. The number of imidazole rings is 1. The van der Waals surface area contributed by atoms with Crippen LogP contribution in [0.15, 0.2) is 24.5 Å². The first-order valence-electron chi connectivity index (χ1n) is 6.93. The topological polar surface area (TPSA) is 77.5 Å². The molecule has 0 spiro atoms. The summed E-state index contributed by atoms with van der Waals surface area (Å²) in [6, 6.07) is 4.03. The maximum Gasteiger partial charge on any atom is 0.150 e. The molecule has 108 valence electrons. The molecule has 0 saturated carbocycles. The number of fused-ring (bicyclic) bond motifs is 1. The fraction of sp³-hybridized carbons (Fsp3) is 0.500. The van der Waals surface area contributed by atoms with Gasteiger partial charge in [-0.05, 0) is 30.4 Å². The van der Waals surface area contributed by atoms with E-state index in [0.717, 1.165) is 36.2 Å². The minimum Gasteiger partial charge on any atom is -0.326 e. The number of pyridine rings is 1. The molecule has 0 amide bonds. The van der Waals surface area contributed by atoms with Gasteiger partial charge in [-0.3, -0.25) is 0 Å². The highest BCUT2D eigenvalue weighted by Crippen LogP contribution is 2.23. The average molecular weight is 293 g/mol. The summed E-state index contributed by atoms with van der Waals surface area (Å²) in [5, 5.41) is 0. The quantitative estimate of drug-likeness (QED) is 0.921. The molecule has 1 fully saturated rings. The Kier molecular flexibility index (Phi) is 3.52. The summed E-state index contributed by atoms with van der Waals surface area (Å²) in [7, 11) is -2.79. The molecule has 0 aromatic carbocycles. The first-order chi connectivity index (χ1) is 9.57. The molecule has 0 unspecified atom stereocenters. The Morgan fingerprint density at radius 2 is 2.05 bits per heavy atom. The van der Waals surface area contributed by atoms with Gasteiger partial charge in [0.05, 0.1) is 23.2 Å². The molecule has 20 heavy (non-hydrogen) atoms. The van der Waals surface area contributed by atoms with Gasteiger partial charge >= 0.3 is 0 Å². The van der Waals surface area contributed by atoms with Crippen molar-refractivity contribution in [3.63, 3.8) is 0 Å². The lowest BCUT2D eigenvalue weighted by molar-refractivity contribution is 0.453. The smallest absolute Gasteiger partial charge is 0.150 e. The number of nitrogens with two attached hydrogens (primary N) is 1. The standard InChI is InChI=1S/C14H19N3O2S/c15-8-12-1-2-13-9-16-14(17(13)10-12)7-11-3-5-20(18,19)6-4-11/h1-2,9-11H,3-8,15H2. The van der Waals surface area contributed by atoms with Crippen molar-refractivity contribution in [3.05, 3.63) is 35.9 Å². The SMILES string of the molecule is NCc1ccc2cnc(CC3CCS(=O)(=O)CC3)n2c1. The van der Waals surface area contributed by atoms with Gasteiger partial charge in [-0.25, -0.2) is 13.4 Å². The van der Waals surface area contributed by atoms with Crippen LogP contribution in [0.1, 0.15) is 24.2 Å². The lowest BCUT2D eigenvalue weighted by Gasteiger charge is -2.21. The molecule has 2 N–H and O–H groups in total. The zero-order valence-electron chi connectivity index (χ0n) is 11.3. The van der Waals surface area contributed by atoms with E-state index in [1.54, 1.807) is 0 Å². The van der Waals surface area contributed by atoms with E-state index >= 15 is 0 Å². The van der Waals surface area contributed by atoms with Crippen molar-refractivity contribution in [1.29, 1.82) is 0 Å². The third-order valence-corrected chi connectivity index (χ3v) is 5.76. The van der Waals surface area contributed by atoms with Crippen LogP contribution < -0.4 is 5.73 Å². The second kappa shape index (κ2) is 5.18. The second-order valence-corrected chi connectivity index (χ2v) is 7.81. The van der Waals surface area contributed by atoms with Gasteiger partial charge in [0.25, 0.3) is 0 Å². The van der Waals surface area contributed by atoms with Gasteiger partial charge < -0.3 is 10.1 Å². The molecule has 2 aromatic heterocycles. The Balaban J connectivity index is 1.81. The van der Waals surface area contributed by atoms with E-state index in [4.69, 9.17) is 5.73 Å². The third kappa shape index (κ3) is 2.71. The Labute approximate surface area is 118 Å². The molecular formula is C14H19N3O2S. The highest BCUT2D eigenvalue weighted by molar-refractivity contribution is 7.91. The van der Waals surface area contributed by atoms with Crippen molar-refractivity contribution < 1.29 is 8.42 Å². The van der Waals surface area contributed by atoms with Crippen LogP contribution in [0.3, 0.4) is 0 Å². The van der Waals surface area contributed by atoms with Gasteiger partial charge in [0, 0.05) is 19.2 Å². The van der Waals surface area contributed by atoms with E-state index in [9.17, 15) is 8.42 Å². The molecule has 0 atom stereocenters. The number of aromatic nitrogens is 2. The molecule has 3 heterocycles. The summed E-state index contributed by atoms with van der Waals surface area (Å²) >= 11 is 0. The molecule has 1 aliphatic rings. The average Bonchev–Trinajstić information content (AvgIpc) is 2.83. The lowest BCUT2D eigenvalue weighted by atomic mass is 9.98. The zero-order valence-corrected chi connectivity index (χ0v) is 12.1. The maximum atomic E-state index is 11.5. The second-order valence-electron chi connectivity index (χ2n) is 5.51. The fourth-order valence-corrected chi connectivity index (χ4v) is 4.35. The van der Waals surface area contributed by atoms with Crippen LogP contribution in [0.4, 0.5) is 0 Å². The van der Waals surface area contributed by atoms with Gasteiger partial charge in [-0.2, -0.15) is 0 Å². The van der Waals surface area contributed by atoms with Crippen LogP contribution in [0.5, 0.6) is 0 Å². The van der Waals surface area contributed by atoms with Crippen molar-refractivity contribution >= 4 is 15.4 Å². The van der Waals surface area contributed by atoms with E-state index in [2.05, 4.69) is 9.38 Å². The van der Waals surface area contributed by atoms with E-state index in [1.165, 1.54) is 0 Å². The summed E-state index contributed by atoms with van der Waals surface area (Å²) in [6.45, 7) is 0.509. The van der Waals surface area contributed by atoms with Crippen LogP contribution in [-0.2, 0) is 22.8 Å². The van der Waals surface area contributed by atoms with Crippen molar-refractivity contribution in [2.75, 3.05) is 11.5 Å². The molecule has 6 heteroatoms. The third-order valence-electron chi connectivity index (χ3n) is 4.05. The summed E-state index contributed by atoms with van der Waals surface area (Å²) in [5.74, 6) is 2.04. The van der Waals surface area contributed by atoms with E-state index in [0.29, 0.717) is 24.0 Å². The number of nitrogens with zero attached hydrogens (tertiary/aromatic N) is 2. The normalized spacial score (nSPS) is 19.4. The highest BCUT2D eigenvalue weighted by Gasteiger charge is 2.24. The monoisotopic (exact) mass is 293 g/mol. The van der Waals surface area contributed by atoms with Gasteiger partial charge in [0.15, 0.2) is 0 Å². The summed E-state index contributed by atoms with van der Waals surface area (Å²) in [6.07, 6.45) is 6.20. The van der Waals surface area contributed by atoms with Gasteiger partial charge in [-0.1, -0.05) is 6.07 Å². The molecule has 0 radical (unpaired) electrons. The Morgan fingerprint density at radius 3 is 2.75 bits per heavy atom. The molecule has 0 aliphatic carbocycles. The van der Waals surface area contributed by atoms with Gasteiger partial charge in [0.1, 0.15) is 15.7 Å². The molecule has 2 aromatic rings. The van der Waals surface area contributed by atoms with E-state index in [-0.39, 0.29) is 0 Å². The predicted molar refractivity (Wildman–Crippen MR) is 78.2 cm³/mol. The largest absolute Gasteiger partial charge is 0.326 e. The van der Waals surface area contributed by atoms with Crippen LogP contribution in [0.2, 0.25) is 0 Å². The summed E-state index contributed by atoms with van der Waals surface area (Å²) < 4.78 is 25.0. The Hall–Kier alpha value is -1.40. The lowest BCUT2D eigenvalue weighted by Crippen LogP contribution is -2.25. The minimum absolute atomic E-state index is 0.315. The minimum atomic E-state index is -2.79. The first kappa shape index (κ1) is 13.6. The van der Waals surface area contributed by atoms with Gasteiger partial charge in [0.2, 0.25) is 0 Å². The Morgan fingerprint density at radius 1 is 1.30 bits per heavy atom. The summed E-state index contributed by atoms with van der Waals surface area (Å²) in [5.41, 5.74) is 7.80. The summed E-state index contributed by atoms with van der Waals surface area (Å²) in [4.78, 5) is 4.47. The molecular weight excluding hydrogens is 274 g/mol. The van der Waals surface area contributed by atoms with Crippen LogP contribution in [-0.4, -0.2) is 29.3 Å². The number of rotatable bonds is 3. The fourth-order valence-electron chi connectivity index (χ4n) is 2.76. The van der Waals surface area contributed by atoms with E-state index in [1.807, 2.05) is 24.5 Å². The van der Waals surface area contributed by atoms with Crippen molar-refractivity contribution in [1.82, 2.24) is 9.38 Å². The molecule has 5 nitrogen and oxygen atoms in total. The first-order valence-corrected chi connectivity index (χ1v) is 8.75. The maximum absolute atomic E-state index is 11.5. The number of sulfone groups is 1. The van der Waals surface area contributed by atoms with Crippen molar-refractivity contribution in [2.24, 2.45) is 11.7 Å². The van der Waals surface area contributed by atoms with Crippen LogP contribution in [0, 0.1) is 5.92 Å². The zero-order chi connectivity index (χ0) is 14.2. The highest BCUT2D eigenvalue weighted by atomic mass is 32.2. The van der Waals surface area contributed by atoms with E-state index < -0.39 is 9.84 Å². The molecule has 1 saturated heterocycles. The molecule has 0 bridgehead atoms. The van der Waals surface area contributed by atoms with Crippen LogP contribution in [0.25, 0.3) is 5.52 Å². The van der Waals surface area contributed by atoms with Crippen molar-refractivity contribution in [3.8, 4) is 0 Å². The molecule has 3 rings (SSSR count). The van der Waals surface area contributed by atoms with Gasteiger partial charge in [-0.15, -0.1) is 0 Å². The Bertz CT molecular complexity index is 707. The number of hydrogen-bond acceptors (Lipinski definition) is 4. The van der Waals surface area contributed by atoms with Crippen LogP contribution >= 0.6 is 0 Å². The molecule has 1 aliphatic heterocycles. The van der Waals surface area contributed by atoms with Crippen molar-refractivity contribution in [2.45, 2.75) is 25.8 Å². The predicted octanol–water partition coefficient (Wildman–Crippen LogP) is 1.16.